The molecular weight excluding hydrogens is 208 g/mol. The summed E-state index contributed by atoms with van der Waals surface area (Å²) in [6.07, 6.45) is 3.83. The summed E-state index contributed by atoms with van der Waals surface area (Å²) in [6, 6.07) is 0. The SMILES string of the molecule is CC(=O)C(C)CC1=C(C)C=C(Cl)CC1C. The molecule has 0 saturated carbocycles. The molecule has 0 aromatic carbocycles. The van der Waals surface area contributed by atoms with Crippen LogP contribution in [-0.4, -0.2) is 5.78 Å². The molecule has 0 bridgehead atoms. The van der Waals surface area contributed by atoms with Gasteiger partial charge in [-0.25, -0.2) is 0 Å². The molecule has 1 nitrogen and oxygen atoms in total. The maximum atomic E-state index is 11.2. The molecule has 2 heteroatoms. The third-order valence-electron chi connectivity index (χ3n) is 3.20. The molecule has 0 aromatic heterocycles. The first-order valence-electron chi connectivity index (χ1n) is 5.48. The molecule has 0 aliphatic heterocycles. The predicted octanol–water partition coefficient (Wildman–Crippen LogP) is 4.08. The van der Waals surface area contributed by atoms with E-state index in [4.69, 9.17) is 11.6 Å². The molecule has 0 amide bonds. The average Bonchev–Trinajstić information content (AvgIpc) is 2.10. The highest BCUT2D eigenvalue weighted by atomic mass is 35.5. The van der Waals surface area contributed by atoms with Crippen LogP contribution in [0.15, 0.2) is 22.3 Å². The fourth-order valence-electron chi connectivity index (χ4n) is 2.03. The van der Waals surface area contributed by atoms with Gasteiger partial charge in [0.2, 0.25) is 0 Å². The second-order valence-electron chi connectivity index (χ2n) is 4.62. The van der Waals surface area contributed by atoms with Gasteiger partial charge in [0.1, 0.15) is 5.78 Å². The summed E-state index contributed by atoms with van der Waals surface area (Å²) in [5.41, 5.74) is 2.63. The van der Waals surface area contributed by atoms with Gasteiger partial charge in [-0.3, -0.25) is 4.79 Å². The molecule has 0 saturated heterocycles. The van der Waals surface area contributed by atoms with Crippen molar-refractivity contribution < 1.29 is 4.79 Å². The molecule has 2 unspecified atom stereocenters. The van der Waals surface area contributed by atoms with E-state index in [0.29, 0.717) is 5.92 Å². The summed E-state index contributed by atoms with van der Waals surface area (Å²) in [6.45, 7) is 7.92. The Hall–Kier alpha value is -0.560. The van der Waals surface area contributed by atoms with Crippen LogP contribution < -0.4 is 0 Å². The largest absolute Gasteiger partial charge is 0.300 e. The molecule has 15 heavy (non-hydrogen) atoms. The van der Waals surface area contributed by atoms with Crippen molar-refractivity contribution in [1.82, 2.24) is 0 Å². The van der Waals surface area contributed by atoms with Crippen molar-refractivity contribution in [3.05, 3.63) is 22.3 Å². The number of Topliss-reactive ketones (excluding diaryl/α,β-unsaturated/α-hetero) is 1. The third kappa shape index (κ3) is 3.20. The van der Waals surface area contributed by atoms with E-state index in [-0.39, 0.29) is 11.7 Å². The standard InChI is InChI=1S/C13H19ClO/c1-8(11(4)15)7-13-9(2)5-12(14)6-10(13)3/h5,8,10H,6-7H2,1-4H3. The van der Waals surface area contributed by atoms with E-state index in [1.54, 1.807) is 6.92 Å². The fourth-order valence-corrected chi connectivity index (χ4v) is 2.42. The minimum absolute atomic E-state index is 0.127. The van der Waals surface area contributed by atoms with Crippen LogP contribution in [0, 0.1) is 11.8 Å². The van der Waals surface area contributed by atoms with Crippen molar-refractivity contribution in [2.45, 2.75) is 40.5 Å². The first-order chi connectivity index (χ1) is 6.91. The maximum absolute atomic E-state index is 11.2. The van der Waals surface area contributed by atoms with E-state index in [1.807, 2.05) is 13.0 Å². The van der Waals surface area contributed by atoms with Gasteiger partial charge in [-0.15, -0.1) is 0 Å². The van der Waals surface area contributed by atoms with Crippen molar-refractivity contribution in [2.75, 3.05) is 0 Å². The highest BCUT2D eigenvalue weighted by molar-refractivity contribution is 6.29. The lowest BCUT2D eigenvalue weighted by molar-refractivity contribution is -0.120. The third-order valence-corrected chi connectivity index (χ3v) is 3.46. The highest BCUT2D eigenvalue weighted by Crippen LogP contribution is 2.34. The van der Waals surface area contributed by atoms with Crippen LogP contribution in [0.3, 0.4) is 0 Å². The van der Waals surface area contributed by atoms with E-state index in [0.717, 1.165) is 17.9 Å². The number of hydrogen-bond donors (Lipinski definition) is 0. The minimum Gasteiger partial charge on any atom is -0.300 e. The molecule has 1 rings (SSSR count). The van der Waals surface area contributed by atoms with Gasteiger partial charge in [0.05, 0.1) is 0 Å². The van der Waals surface area contributed by atoms with E-state index >= 15 is 0 Å². The van der Waals surface area contributed by atoms with E-state index in [1.165, 1.54) is 11.1 Å². The van der Waals surface area contributed by atoms with Gasteiger partial charge in [-0.2, -0.15) is 0 Å². The van der Waals surface area contributed by atoms with Crippen LogP contribution in [0.5, 0.6) is 0 Å². The van der Waals surface area contributed by atoms with Crippen molar-refractivity contribution in [2.24, 2.45) is 11.8 Å². The summed E-state index contributed by atoms with van der Waals surface area (Å²) in [7, 11) is 0. The lowest BCUT2D eigenvalue weighted by Crippen LogP contribution is -2.14. The van der Waals surface area contributed by atoms with Crippen molar-refractivity contribution in [3.8, 4) is 0 Å². The first-order valence-corrected chi connectivity index (χ1v) is 5.85. The molecule has 0 heterocycles. The van der Waals surface area contributed by atoms with Crippen LogP contribution in [0.25, 0.3) is 0 Å². The summed E-state index contributed by atoms with van der Waals surface area (Å²) in [4.78, 5) is 11.2. The zero-order valence-electron chi connectivity index (χ0n) is 9.93. The molecule has 0 spiro atoms. The smallest absolute Gasteiger partial charge is 0.132 e. The maximum Gasteiger partial charge on any atom is 0.132 e. The monoisotopic (exact) mass is 226 g/mol. The minimum atomic E-state index is 0.127. The van der Waals surface area contributed by atoms with Crippen molar-refractivity contribution in [1.29, 1.82) is 0 Å². The van der Waals surface area contributed by atoms with E-state index in [9.17, 15) is 4.79 Å². The second kappa shape index (κ2) is 4.98. The number of hydrogen-bond acceptors (Lipinski definition) is 1. The van der Waals surface area contributed by atoms with Gasteiger partial charge in [0, 0.05) is 11.0 Å². The summed E-state index contributed by atoms with van der Waals surface area (Å²) < 4.78 is 0. The Morgan fingerprint density at radius 1 is 1.67 bits per heavy atom. The molecule has 1 aliphatic rings. The molecule has 84 valence electrons. The number of rotatable bonds is 3. The summed E-state index contributed by atoms with van der Waals surface area (Å²) in [5.74, 6) is 0.870. The van der Waals surface area contributed by atoms with Crippen LogP contribution in [0.2, 0.25) is 0 Å². The van der Waals surface area contributed by atoms with E-state index in [2.05, 4.69) is 13.8 Å². The highest BCUT2D eigenvalue weighted by Gasteiger charge is 2.20. The number of ketones is 1. The topological polar surface area (TPSA) is 17.1 Å². The number of halogens is 1. The quantitative estimate of drug-likeness (QED) is 0.709. The number of carbonyl (C=O) groups is 1. The van der Waals surface area contributed by atoms with Crippen LogP contribution in [0.4, 0.5) is 0 Å². The lowest BCUT2D eigenvalue weighted by Gasteiger charge is -2.24. The molecular formula is C13H19ClO. The normalized spacial score (nSPS) is 23.8. The van der Waals surface area contributed by atoms with Crippen molar-refractivity contribution >= 4 is 17.4 Å². The Bertz CT molecular complexity index is 325. The van der Waals surface area contributed by atoms with E-state index < -0.39 is 0 Å². The van der Waals surface area contributed by atoms with Gasteiger partial charge >= 0.3 is 0 Å². The summed E-state index contributed by atoms with van der Waals surface area (Å²) >= 11 is 6.03. The average molecular weight is 227 g/mol. The predicted molar refractivity (Wildman–Crippen MR) is 64.9 cm³/mol. The molecule has 0 N–H and O–H groups in total. The molecule has 0 radical (unpaired) electrons. The van der Waals surface area contributed by atoms with Crippen LogP contribution in [0.1, 0.15) is 40.5 Å². The van der Waals surface area contributed by atoms with Gasteiger partial charge in [0.15, 0.2) is 0 Å². The van der Waals surface area contributed by atoms with Crippen molar-refractivity contribution in [3.63, 3.8) is 0 Å². The number of allylic oxidation sites excluding steroid dienone is 4. The van der Waals surface area contributed by atoms with Gasteiger partial charge in [-0.05, 0) is 38.7 Å². The Morgan fingerprint density at radius 3 is 2.73 bits per heavy atom. The molecule has 1 aliphatic carbocycles. The zero-order valence-corrected chi connectivity index (χ0v) is 10.7. The second-order valence-corrected chi connectivity index (χ2v) is 5.11. The zero-order chi connectivity index (χ0) is 11.6. The fraction of sp³-hybridized carbons (Fsp3) is 0.615. The molecule has 2 atom stereocenters. The Labute approximate surface area is 97.2 Å². The van der Waals surface area contributed by atoms with Crippen LogP contribution in [-0.2, 0) is 4.79 Å². The number of carbonyl (C=O) groups excluding carboxylic acids is 1. The first kappa shape index (κ1) is 12.5. The molecule has 0 fully saturated rings. The van der Waals surface area contributed by atoms with Gasteiger partial charge in [-0.1, -0.05) is 36.6 Å². The Morgan fingerprint density at radius 2 is 2.27 bits per heavy atom. The van der Waals surface area contributed by atoms with Gasteiger partial charge in [0.25, 0.3) is 0 Å². The van der Waals surface area contributed by atoms with Crippen LogP contribution >= 0.6 is 11.6 Å². The lowest BCUT2D eigenvalue weighted by atomic mass is 9.82. The molecule has 0 aromatic rings. The summed E-state index contributed by atoms with van der Waals surface area (Å²) in [5, 5.41) is 0.930. The Balaban J connectivity index is 2.83. The Kier molecular flexibility index (Phi) is 4.15. The van der Waals surface area contributed by atoms with Gasteiger partial charge < -0.3 is 0 Å².